The van der Waals surface area contributed by atoms with Gasteiger partial charge in [0.25, 0.3) is 0 Å². The molecule has 51 heavy (non-hydrogen) atoms. The molecule has 0 saturated carbocycles. The Hall–Kier alpha value is -7.13. The van der Waals surface area contributed by atoms with Crippen molar-refractivity contribution in [3.63, 3.8) is 0 Å². The van der Waals surface area contributed by atoms with Crippen molar-refractivity contribution in [3.05, 3.63) is 179 Å². The first-order chi connectivity index (χ1) is 25.2. The van der Waals surface area contributed by atoms with Crippen LogP contribution in [0.4, 0.5) is 0 Å². The zero-order valence-corrected chi connectivity index (χ0v) is 27.5. The molecular formula is C46H29N5. The van der Waals surface area contributed by atoms with Crippen molar-refractivity contribution < 1.29 is 0 Å². The average molecular weight is 652 g/mol. The number of fused-ring (bicyclic) bond motifs is 6. The van der Waals surface area contributed by atoms with E-state index in [9.17, 15) is 15.8 Å². The molecule has 2 aliphatic carbocycles. The Labute approximate surface area is 295 Å². The van der Waals surface area contributed by atoms with Gasteiger partial charge in [-0.2, -0.15) is 15.8 Å². The fourth-order valence-electron chi connectivity index (χ4n) is 8.11. The normalized spacial score (nSPS) is 16.2. The Morgan fingerprint density at radius 1 is 0.608 bits per heavy atom. The van der Waals surface area contributed by atoms with Crippen LogP contribution < -0.4 is 0 Å². The molecule has 5 nitrogen and oxygen atoms in total. The summed E-state index contributed by atoms with van der Waals surface area (Å²) in [6.45, 7) is 0. The van der Waals surface area contributed by atoms with E-state index in [1.165, 1.54) is 22.2 Å². The molecule has 7 aromatic rings. The number of hydrogen-bond acceptors (Lipinski definition) is 3. The molecule has 2 atom stereocenters. The Morgan fingerprint density at radius 2 is 1.43 bits per heavy atom. The molecule has 9 rings (SSSR count). The van der Waals surface area contributed by atoms with Gasteiger partial charge >= 0.3 is 0 Å². The summed E-state index contributed by atoms with van der Waals surface area (Å²) in [6.07, 6.45) is 18.3. The van der Waals surface area contributed by atoms with Crippen LogP contribution in [0.2, 0.25) is 0 Å². The van der Waals surface area contributed by atoms with Gasteiger partial charge in [0, 0.05) is 44.5 Å². The maximum absolute atomic E-state index is 10.6. The zero-order valence-electron chi connectivity index (χ0n) is 27.5. The minimum absolute atomic E-state index is 0.0293. The van der Waals surface area contributed by atoms with Crippen LogP contribution >= 0.6 is 0 Å². The Balaban J connectivity index is 1.25. The van der Waals surface area contributed by atoms with E-state index in [4.69, 9.17) is 0 Å². The van der Waals surface area contributed by atoms with E-state index in [0.717, 1.165) is 50.6 Å². The molecule has 0 fully saturated rings. The first kappa shape index (κ1) is 30.0. The average Bonchev–Trinajstić information content (AvgIpc) is 3.56. The highest BCUT2D eigenvalue weighted by Gasteiger charge is 2.30. The van der Waals surface area contributed by atoms with Crippen molar-refractivity contribution in [1.82, 2.24) is 9.13 Å². The topological polar surface area (TPSA) is 81.2 Å². The van der Waals surface area contributed by atoms with Crippen LogP contribution in [0.5, 0.6) is 0 Å². The number of para-hydroxylation sites is 1. The minimum Gasteiger partial charge on any atom is -0.333 e. The number of benzene rings is 5. The number of aromatic nitrogens is 2. The summed E-state index contributed by atoms with van der Waals surface area (Å²) < 4.78 is 4.62. The molecule has 0 aliphatic heterocycles. The van der Waals surface area contributed by atoms with Gasteiger partial charge in [-0.25, -0.2) is 0 Å². The van der Waals surface area contributed by atoms with Gasteiger partial charge in [-0.05, 0) is 83.8 Å². The van der Waals surface area contributed by atoms with Crippen LogP contribution in [-0.2, 0) is 6.42 Å². The van der Waals surface area contributed by atoms with Gasteiger partial charge in [0.15, 0.2) is 0 Å². The van der Waals surface area contributed by atoms with E-state index >= 15 is 0 Å². The predicted molar refractivity (Wildman–Crippen MR) is 204 cm³/mol. The van der Waals surface area contributed by atoms with E-state index < -0.39 is 0 Å². The first-order valence-electron chi connectivity index (χ1n) is 17.0. The van der Waals surface area contributed by atoms with E-state index in [1.54, 1.807) is 0 Å². The van der Waals surface area contributed by atoms with Gasteiger partial charge in [0.2, 0.25) is 0 Å². The maximum Gasteiger partial charge on any atom is 0.0998 e. The number of allylic oxidation sites excluding steroid dienone is 7. The third-order valence-electron chi connectivity index (χ3n) is 10.3. The smallest absolute Gasteiger partial charge is 0.0998 e. The fourth-order valence-corrected chi connectivity index (χ4v) is 8.11. The standard InChI is InChI=1S/C46H29N5/c47-27-30-21-23-44-40(24-30)38-22-20-31(28-48)25-45(38)50(44)34-12-8-10-32(26-34)46-33(29-49)11-9-16-39(46)37-15-5-7-19-43(37)51-41-17-3-1-2-13-35(41)36-14-4-6-18-42(36)51/h1-12,14-26,37,43H,13H2. The second kappa shape index (κ2) is 12.1. The number of hydrogen-bond donors (Lipinski definition) is 0. The van der Waals surface area contributed by atoms with Gasteiger partial charge in [0.1, 0.15) is 0 Å². The van der Waals surface area contributed by atoms with Crippen molar-refractivity contribution in [3.8, 4) is 35.0 Å². The Kier molecular flexibility index (Phi) is 7.10. The zero-order chi connectivity index (χ0) is 34.5. The van der Waals surface area contributed by atoms with Gasteiger partial charge in [-0.3, -0.25) is 0 Å². The summed E-state index contributed by atoms with van der Waals surface area (Å²) in [5.74, 6) is -0.0534. The Morgan fingerprint density at radius 3 is 2.31 bits per heavy atom. The van der Waals surface area contributed by atoms with Crippen LogP contribution in [0.15, 0.2) is 146 Å². The molecule has 5 heteroatoms. The highest BCUT2D eigenvalue weighted by molar-refractivity contribution is 6.10. The molecule has 0 N–H and O–H groups in total. The predicted octanol–water partition coefficient (Wildman–Crippen LogP) is 10.6. The highest BCUT2D eigenvalue weighted by atomic mass is 15.0. The molecular weight excluding hydrogens is 623 g/mol. The summed E-state index contributed by atoms with van der Waals surface area (Å²) in [5.41, 5.74) is 11.1. The third-order valence-corrected chi connectivity index (χ3v) is 10.3. The van der Waals surface area contributed by atoms with Crippen molar-refractivity contribution in [1.29, 1.82) is 15.8 Å². The molecule has 0 amide bonds. The van der Waals surface area contributed by atoms with Crippen molar-refractivity contribution in [2.75, 3.05) is 0 Å². The molecule has 2 aliphatic rings. The van der Waals surface area contributed by atoms with E-state index in [-0.39, 0.29) is 12.0 Å². The number of nitrogens with zero attached hydrogens (tertiary/aromatic N) is 5. The lowest BCUT2D eigenvalue weighted by molar-refractivity contribution is 0.558. The summed E-state index contributed by atoms with van der Waals surface area (Å²) in [7, 11) is 0. The van der Waals surface area contributed by atoms with Crippen molar-refractivity contribution in [2.45, 2.75) is 18.4 Å². The lowest BCUT2D eigenvalue weighted by Gasteiger charge is -2.30. The van der Waals surface area contributed by atoms with Crippen molar-refractivity contribution in [2.24, 2.45) is 0 Å². The lowest BCUT2D eigenvalue weighted by atomic mass is 9.81. The second-order valence-corrected chi connectivity index (χ2v) is 13.0. The monoisotopic (exact) mass is 651 g/mol. The van der Waals surface area contributed by atoms with Crippen LogP contribution in [0.3, 0.4) is 0 Å². The molecule has 2 unspecified atom stereocenters. The van der Waals surface area contributed by atoms with Crippen LogP contribution in [0.25, 0.3) is 55.6 Å². The molecule has 238 valence electrons. The van der Waals surface area contributed by atoms with E-state index in [1.807, 2.05) is 54.6 Å². The molecule has 0 radical (unpaired) electrons. The summed E-state index contributed by atoms with van der Waals surface area (Å²) in [4.78, 5) is 0. The van der Waals surface area contributed by atoms with E-state index in [0.29, 0.717) is 16.7 Å². The Bertz CT molecular complexity index is 2830. The molecule has 0 saturated heterocycles. The van der Waals surface area contributed by atoms with Gasteiger partial charge in [-0.15, -0.1) is 0 Å². The molecule has 0 bridgehead atoms. The fraction of sp³-hybridized carbons (Fsp3) is 0.0652. The maximum atomic E-state index is 10.6. The third kappa shape index (κ3) is 4.74. The number of nitriles is 3. The number of rotatable bonds is 4. The SMILES string of the molecule is N#Cc1ccc2c(c1)c1ccc(C#N)cc1n2-c1cccc(-c2c(C#N)cccc2C2C=CC=CC2n2c3c(c4ccccc42)CC=CC=C3)c1. The highest BCUT2D eigenvalue weighted by Crippen LogP contribution is 2.45. The lowest BCUT2D eigenvalue weighted by Crippen LogP contribution is -2.18. The summed E-state index contributed by atoms with van der Waals surface area (Å²) in [5, 5.41) is 33.2. The molecule has 2 aromatic heterocycles. The summed E-state index contributed by atoms with van der Waals surface area (Å²) >= 11 is 0. The minimum atomic E-state index is -0.0534. The van der Waals surface area contributed by atoms with Gasteiger partial charge in [0.05, 0.1) is 52.0 Å². The van der Waals surface area contributed by atoms with E-state index in [2.05, 4.69) is 124 Å². The van der Waals surface area contributed by atoms with Crippen LogP contribution in [0, 0.1) is 34.0 Å². The molecule has 5 aromatic carbocycles. The van der Waals surface area contributed by atoms with Gasteiger partial charge < -0.3 is 9.13 Å². The largest absolute Gasteiger partial charge is 0.333 e. The quantitative estimate of drug-likeness (QED) is 0.190. The van der Waals surface area contributed by atoms with Gasteiger partial charge in [-0.1, -0.05) is 91.1 Å². The summed E-state index contributed by atoms with van der Waals surface area (Å²) in [6, 6.07) is 41.4. The second-order valence-electron chi connectivity index (χ2n) is 13.0. The van der Waals surface area contributed by atoms with Crippen molar-refractivity contribution >= 4 is 38.8 Å². The first-order valence-corrected chi connectivity index (χ1v) is 17.0. The molecule has 2 heterocycles. The van der Waals surface area contributed by atoms with Crippen LogP contribution in [0.1, 0.15) is 45.5 Å². The van der Waals surface area contributed by atoms with Crippen LogP contribution in [-0.4, -0.2) is 9.13 Å². The molecule has 0 spiro atoms.